The third-order valence-corrected chi connectivity index (χ3v) is 4.12. The molecule has 0 spiro atoms. The molecule has 0 bridgehead atoms. The molecule has 2 aliphatic carbocycles. The largest absolute Gasteiger partial charge is 0.310 e. The molecular weight excluding hydrogens is 194 g/mol. The molecule has 1 nitrogen and oxygen atoms in total. The van der Waals surface area contributed by atoms with Crippen LogP contribution in [0.4, 0.5) is 0 Å². The van der Waals surface area contributed by atoms with E-state index in [9.17, 15) is 0 Å². The van der Waals surface area contributed by atoms with Gasteiger partial charge in [0, 0.05) is 6.04 Å². The molecule has 1 unspecified atom stereocenters. The molecule has 0 fully saturated rings. The first kappa shape index (κ1) is 10.3. The zero-order valence-electron chi connectivity index (χ0n) is 10.2. The van der Waals surface area contributed by atoms with Gasteiger partial charge in [-0.15, -0.1) is 0 Å². The second-order valence-electron chi connectivity index (χ2n) is 5.18. The Hall–Kier alpha value is -0.820. The summed E-state index contributed by atoms with van der Waals surface area (Å²) in [6.07, 6.45) is 7.95. The average Bonchev–Trinajstić information content (AvgIpc) is 2.74. The summed E-state index contributed by atoms with van der Waals surface area (Å²) in [5.74, 6) is 0. The summed E-state index contributed by atoms with van der Waals surface area (Å²) in [5, 5.41) is 3.63. The van der Waals surface area contributed by atoms with Crippen LogP contribution in [0.5, 0.6) is 0 Å². The molecule has 1 N–H and O–H groups in total. The second-order valence-corrected chi connectivity index (χ2v) is 5.18. The van der Waals surface area contributed by atoms with Gasteiger partial charge in [-0.1, -0.05) is 19.1 Å². The number of benzene rings is 1. The van der Waals surface area contributed by atoms with Crippen LogP contribution >= 0.6 is 0 Å². The predicted octanol–water partition coefficient (Wildman–Crippen LogP) is 3.16. The van der Waals surface area contributed by atoms with Crippen molar-refractivity contribution in [2.75, 3.05) is 6.54 Å². The second kappa shape index (κ2) is 4.21. The van der Waals surface area contributed by atoms with E-state index in [1.807, 2.05) is 0 Å². The van der Waals surface area contributed by atoms with Crippen LogP contribution < -0.4 is 5.32 Å². The quantitative estimate of drug-likeness (QED) is 0.799. The van der Waals surface area contributed by atoms with Crippen LogP contribution in [0.25, 0.3) is 0 Å². The van der Waals surface area contributed by atoms with Crippen LogP contribution in [0.3, 0.4) is 0 Å². The van der Waals surface area contributed by atoms with Crippen molar-refractivity contribution in [3.05, 3.63) is 34.4 Å². The van der Waals surface area contributed by atoms with Gasteiger partial charge in [-0.05, 0) is 67.3 Å². The summed E-state index contributed by atoms with van der Waals surface area (Å²) in [7, 11) is 0. The Balaban J connectivity index is 2.00. The van der Waals surface area contributed by atoms with Crippen LogP contribution in [0.15, 0.2) is 12.1 Å². The van der Waals surface area contributed by atoms with Gasteiger partial charge in [-0.2, -0.15) is 0 Å². The Labute approximate surface area is 98.3 Å². The van der Waals surface area contributed by atoms with Crippen LogP contribution in [0, 0.1) is 0 Å². The number of aryl methyl sites for hydroxylation is 3. The maximum Gasteiger partial charge on any atom is 0.0323 e. The average molecular weight is 215 g/mol. The normalized spacial score (nSPS) is 22.9. The SMILES string of the molecule is CCNC1CCCc2cc3c(cc21)CCC3. The van der Waals surface area contributed by atoms with E-state index in [4.69, 9.17) is 0 Å². The highest BCUT2D eigenvalue weighted by Crippen LogP contribution is 2.34. The molecule has 0 aromatic heterocycles. The smallest absolute Gasteiger partial charge is 0.0323 e. The van der Waals surface area contributed by atoms with Crippen LogP contribution in [-0.4, -0.2) is 6.54 Å². The fourth-order valence-electron chi connectivity index (χ4n) is 3.35. The Kier molecular flexibility index (Phi) is 2.72. The molecular formula is C15H21N. The molecule has 0 radical (unpaired) electrons. The fraction of sp³-hybridized carbons (Fsp3) is 0.600. The van der Waals surface area contributed by atoms with E-state index in [1.54, 1.807) is 22.3 Å². The molecule has 0 saturated carbocycles. The van der Waals surface area contributed by atoms with Crippen molar-refractivity contribution >= 4 is 0 Å². The predicted molar refractivity (Wildman–Crippen MR) is 67.8 cm³/mol. The minimum atomic E-state index is 0.625. The first-order valence-electron chi connectivity index (χ1n) is 6.76. The summed E-state index contributed by atoms with van der Waals surface area (Å²) < 4.78 is 0. The van der Waals surface area contributed by atoms with Gasteiger partial charge in [0.05, 0.1) is 0 Å². The van der Waals surface area contributed by atoms with Crippen molar-refractivity contribution in [3.8, 4) is 0 Å². The molecule has 0 aliphatic heterocycles. The number of hydrogen-bond acceptors (Lipinski definition) is 1. The lowest BCUT2D eigenvalue weighted by Gasteiger charge is -2.27. The monoisotopic (exact) mass is 215 g/mol. The molecule has 1 aromatic rings. The van der Waals surface area contributed by atoms with Crippen LogP contribution in [-0.2, 0) is 19.3 Å². The summed E-state index contributed by atoms with van der Waals surface area (Å²) >= 11 is 0. The maximum absolute atomic E-state index is 3.63. The van der Waals surface area contributed by atoms with Crippen molar-refractivity contribution in [3.63, 3.8) is 0 Å². The van der Waals surface area contributed by atoms with E-state index >= 15 is 0 Å². The van der Waals surface area contributed by atoms with Gasteiger partial charge in [0.2, 0.25) is 0 Å². The summed E-state index contributed by atoms with van der Waals surface area (Å²) in [6, 6.07) is 5.63. The van der Waals surface area contributed by atoms with Gasteiger partial charge in [0.25, 0.3) is 0 Å². The maximum atomic E-state index is 3.63. The Morgan fingerprint density at radius 2 is 1.81 bits per heavy atom. The lowest BCUT2D eigenvalue weighted by Crippen LogP contribution is -2.25. The van der Waals surface area contributed by atoms with E-state index < -0.39 is 0 Å². The molecule has 2 aliphatic rings. The van der Waals surface area contributed by atoms with Crippen molar-refractivity contribution in [1.82, 2.24) is 5.32 Å². The third-order valence-electron chi connectivity index (χ3n) is 4.12. The number of nitrogens with one attached hydrogen (secondary N) is 1. The molecule has 1 atom stereocenters. The molecule has 1 heteroatoms. The number of rotatable bonds is 2. The van der Waals surface area contributed by atoms with E-state index in [-0.39, 0.29) is 0 Å². The zero-order valence-corrected chi connectivity index (χ0v) is 10.2. The van der Waals surface area contributed by atoms with Gasteiger partial charge < -0.3 is 5.32 Å². The van der Waals surface area contributed by atoms with Gasteiger partial charge >= 0.3 is 0 Å². The molecule has 86 valence electrons. The molecule has 3 rings (SSSR count). The summed E-state index contributed by atoms with van der Waals surface area (Å²) in [6.45, 7) is 3.29. The van der Waals surface area contributed by atoms with Crippen LogP contribution in [0.1, 0.15) is 54.5 Å². The molecule has 16 heavy (non-hydrogen) atoms. The Morgan fingerprint density at radius 1 is 1.06 bits per heavy atom. The number of hydrogen-bond donors (Lipinski definition) is 1. The van der Waals surface area contributed by atoms with Crippen molar-refractivity contribution in [2.24, 2.45) is 0 Å². The Bertz CT molecular complexity index is 395. The standard InChI is InChI=1S/C15H21N/c1-2-16-15-8-4-7-13-9-11-5-3-6-12(11)10-14(13)15/h9-10,15-16H,2-8H2,1H3. The van der Waals surface area contributed by atoms with Crippen molar-refractivity contribution < 1.29 is 0 Å². The third kappa shape index (κ3) is 1.67. The highest BCUT2D eigenvalue weighted by atomic mass is 14.9. The summed E-state index contributed by atoms with van der Waals surface area (Å²) in [4.78, 5) is 0. The van der Waals surface area contributed by atoms with Gasteiger partial charge in [-0.25, -0.2) is 0 Å². The zero-order chi connectivity index (χ0) is 11.0. The summed E-state index contributed by atoms with van der Waals surface area (Å²) in [5.41, 5.74) is 6.49. The lowest BCUT2D eigenvalue weighted by molar-refractivity contribution is 0.471. The molecule has 0 amide bonds. The van der Waals surface area contributed by atoms with E-state index in [1.165, 1.54) is 38.5 Å². The molecule has 0 heterocycles. The van der Waals surface area contributed by atoms with E-state index in [2.05, 4.69) is 24.4 Å². The highest BCUT2D eigenvalue weighted by molar-refractivity contribution is 5.43. The van der Waals surface area contributed by atoms with E-state index in [0.29, 0.717) is 6.04 Å². The fourth-order valence-corrected chi connectivity index (χ4v) is 3.35. The first-order chi connectivity index (χ1) is 7.88. The van der Waals surface area contributed by atoms with Gasteiger partial charge in [0.1, 0.15) is 0 Å². The van der Waals surface area contributed by atoms with Gasteiger partial charge in [0.15, 0.2) is 0 Å². The lowest BCUT2D eigenvalue weighted by atomic mass is 9.85. The topological polar surface area (TPSA) is 12.0 Å². The van der Waals surface area contributed by atoms with Crippen molar-refractivity contribution in [1.29, 1.82) is 0 Å². The highest BCUT2D eigenvalue weighted by Gasteiger charge is 2.22. The van der Waals surface area contributed by atoms with E-state index in [0.717, 1.165) is 6.54 Å². The molecule has 1 aromatic carbocycles. The first-order valence-corrected chi connectivity index (χ1v) is 6.76. The molecule has 0 saturated heterocycles. The van der Waals surface area contributed by atoms with Crippen molar-refractivity contribution in [2.45, 2.75) is 51.5 Å². The van der Waals surface area contributed by atoms with Gasteiger partial charge in [-0.3, -0.25) is 0 Å². The number of fused-ring (bicyclic) bond motifs is 2. The minimum absolute atomic E-state index is 0.625. The Morgan fingerprint density at radius 3 is 2.62 bits per heavy atom. The van der Waals surface area contributed by atoms with Crippen LogP contribution in [0.2, 0.25) is 0 Å². The minimum Gasteiger partial charge on any atom is -0.310 e.